The number of carboxylic acids is 1. The summed E-state index contributed by atoms with van der Waals surface area (Å²) in [4.78, 5) is 24.9. The summed E-state index contributed by atoms with van der Waals surface area (Å²) in [5.74, 6) is -0.968. The molecular weight excluding hydrogens is 336 g/mol. The van der Waals surface area contributed by atoms with E-state index in [-0.39, 0.29) is 12.0 Å². The van der Waals surface area contributed by atoms with Crippen LogP contribution in [0.2, 0.25) is 0 Å². The second-order valence-electron chi connectivity index (χ2n) is 5.78. The largest absolute Gasteiger partial charge is 0.481 e. The molecule has 0 aliphatic carbocycles. The summed E-state index contributed by atoms with van der Waals surface area (Å²) in [6, 6.07) is 17.1. The number of hydrogen-bond acceptors (Lipinski definition) is 4. The van der Waals surface area contributed by atoms with E-state index in [1.54, 1.807) is 35.6 Å². The van der Waals surface area contributed by atoms with E-state index in [0.717, 1.165) is 15.0 Å². The molecular formula is C19H14N2O3S. The molecule has 0 atom stereocenters. The summed E-state index contributed by atoms with van der Waals surface area (Å²) in [6.45, 7) is 0.329. The summed E-state index contributed by atoms with van der Waals surface area (Å²) < 4.78 is 2.52. The van der Waals surface area contributed by atoms with Gasteiger partial charge in [-0.25, -0.2) is 4.68 Å². The SMILES string of the molecule is O=C(O)Cc1nn(Cc2cc3ccccc3s2)c(=O)c2ccccc12. The molecule has 25 heavy (non-hydrogen) atoms. The fourth-order valence-corrected chi connectivity index (χ4v) is 4.00. The molecule has 0 aliphatic rings. The summed E-state index contributed by atoms with van der Waals surface area (Å²) in [5, 5.41) is 15.7. The van der Waals surface area contributed by atoms with Gasteiger partial charge in [-0.3, -0.25) is 9.59 Å². The number of nitrogens with zero attached hydrogens (tertiary/aromatic N) is 2. The van der Waals surface area contributed by atoms with Crippen LogP contribution in [-0.4, -0.2) is 20.9 Å². The highest BCUT2D eigenvalue weighted by molar-refractivity contribution is 7.19. The lowest BCUT2D eigenvalue weighted by atomic mass is 10.1. The van der Waals surface area contributed by atoms with Crippen LogP contribution < -0.4 is 5.56 Å². The van der Waals surface area contributed by atoms with E-state index in [0.29, 0.717) is 23.0 Å². The second-order valence-corrected chi connectivity index (χ2v) is 6.94. The molecule has 0 aliphatic heterocycles. The number of aromatic nitrogens is 2. The number of rotatable bonds is 4. The second kappa shape index (κ2) is 6.14. The van der Waals surface area contributed by atoms with Crippen LogP contribution in [0.5, 0.6) is 0 Å². The van der Waals surface area contributed by atoms with Crippen molar-refractivity contribution in [1.82, 2.24) is 9.78 Å². The molecule has 0 amide bonds. The molecule has 0 fully saturated rings. The van der Waals surface area contributed by atoms with Crippen LogP contribution in [-0.2, 0) is 17.8 Å². The lowest BCUT2D eigenvalue weighted by Gasteiger charge is -2.09. The number of carboxylic acid groups (broad SMARTS) is 1. The quantitative estimate of drug-likeness (QED) is 0.613. The first-order valence-electron chi connectivity index (χ1n) is 7.80. The molecule has 0 unspecified atom stereocenters. The fraction of sp³-hybridized carbons (Fsp3) is 0.105. The molecule has 4 aromatic rings. The van der Waals surface area contributed by atoms with Gasteiger partial charge in [0.05, 0.1) is 24.0 Å². The molecule has 2 aromatic carbocycles. The number of aliphatic carboxylic acids is 1. The number of hydrogen-bond donors (Lipinski definition) is 1. The van der Waals surface area contributed by atoms with Gasteiger partial charge in [0.1, 0.15) is 0 Å². The molecule has 124 valence electrons. The number of carbonyl (C=O) groups is 1. The average molecular weight is 350 g/mol. The van der Waals surface area contributed by atoms with E-state index < -0.39 is 5.97 Å². The average Bonchev–Trinajstić information content (AvgIpc) is 3.01. The highest BCUT2D eigenvalue weighted by Crippen LogP contribution is 2.25. The zero-order chi connectivity index (χ0) is 17.4. The summed E-state index contributed by atoms with van der Waals surface area (Å²) >= 11 is 1.61. The van der Waals surface area contributed by atoms with Crippen molar-refractivity contribution in [2.24, 2.45) is 0 Å². The fourth-order valence-electron chi connectivity index (χ4n) is 2.95. The Labute approximate surface area is 146 Å². The zero-order valence-corrected chi connectivity index (χ0v) is 14.0. The molecule has 0 spiro atoms. The van der Waals surface area contributed by atoms with Crippen LogP contribution >= 0.6 is 11.3 Å². The molecule has 0 bridgehead atoms. The van der Waals surface area contributed by atoms with E-state index in [4.69, 9.17) is 5.11 Å². The zero-order valence-electron chi connectivity index (χ0n) is 13.2. The molecule has 4 rings (SSSR count). The predicted octanol–water partition coefficient (Wildman–Crippen LogP) is 3.29. The lowest BCUT2D eigenvalue weighted by molar-refractivity contribution is -0.136. The molecule has 0 saturated heterocycles. The normalized spacial score (nSPS) is 11.2. The van der Waals surface area contributed by atoms with Gasteiger partial charge in [0, 0.05) is 15.0 Å². The third kappa shape index (κ3) is 2.92. The topological polar surface area (TPSA) is 72.2 Å². The van der Waals surface area contributed by atoms with Gasteiger partial charge in [0.15, 0.2) is 0 Å². The van der Waals surface area contributed by atoms with Crippen molar-refractivity contribution in [1.29, 1.82) is 0 Å². The first-order chi connectivity index (χ1) is 12.1. The van der Waals surface area contributed by atoms with E-state index in [1.807, 2.05) is 30.3 Å². The van der Waals surface area contributed by atoms with E-state index in [9.17, 15) is 9.59 Å². The summed E-state index contributed by atoms with van der Waals surface area (Å²) in [6.07, 6.45) is -0.215. The highest BCUT2D eigenvalue weighted by Gasteiger charge is 2.14. The van der Waals surface area contributed by atoms with Crippen molar-refractivity contribution < 1.29 is 9.90 Å². The minimum absolute atomic E-state index is 0.206. The molecule has 1 N–H and O–H groups in total. The smallest absolute Gasteiger partial charge is 0.309 e. The van der Waals surface area contributed by atoms with Crippen molar-refractivity contribution in [3.63, 3.8) is 0 Å². The van der Waals surface area contributed by atoms with Gasteiger partial charge in [-0.2, -0.15) is 5.10 Å². The van der Waals surface area contributed by atoms with Crippen molar-refractivity contribution in [3.05, 3.63) is 75.5 Å². The van der Waals surface area contributed by atoms with Crippen LogP contribution in [0.25, 0.3) is 20.9 Å². The third-order valence-corrected chi connectivity index (χ3v) is 5.15. The van der Waals surface area contributed by atoms with Crippen LogP contribution in [0.3, 0.4) is 0 Å². The van der Waals surface area contributed by atoms with E-state index >= 15 is 0 Å². The predicted molar refractivity (Wildman–Crippen MR) is 98.3 cm³/mol. The number of fused-ring (bicyclic) bond motifs is 2. The van der Waals surface area contributed by atoms with Gasteiger partial charge in [-0.05, 0) is 23.6 Å². The van der Waals surface area contributed by atoms with Crippen molar-refractivity contribution >= 4 is 38.2 Å². The summed E-state index contributed by atoms with van der Waals surface area (Å²) in [5.41, 5.74) is 0.200. The Morgan fingerprint density at radius 1 is 1.08 bits per heavy atom. The van der Waals surface area contributed by atoms with Gasteiger partial charge in [-0.1, -0.05) is 36.4 Å². The van der Waals surface area contributed by atoms with Gasteiger partial charge in [-0.15, -0.1) is 11.3 Å². The van der Waals surface area contributed by atoms with Gasteiger partial charge in [0.25, 0.3) is 5.56 Å². The Kier molecular flexibility index (Phi) is 3.82. The van der Waals surface area contributed by atoms with Crippen LogP contribution in [0.15, 0.2) is 59.4 Å². The first kappa shape index (κ1) is 15.5. The minimum atomic E-state index is -0.968. The molecule has 6 heteroatoms. The Bertz CT molecular complexity index is 1130. The Morgan fingerprint density at radius 2 is 1.80 bits per heavy atom. The van der Waals surface area contributed by atoms with Crippen molar-refractivity contribution in [2.45, 2.75) is 13.0 Å². The third-order valence-electron chi connectivity index (χ3n) is 4.05. The highest BCUT2D eigenvalue weighted by atomic mass is 32.1. The van der Waals surface area contributed by atoms with E-state index in [2.05, 4.69) is 5.10 Å². The molecule has 2 heterocycles. The maximum absolute atomic E-state index is 12.7. The number of benzene rings is 2. The molecule has 2 aromatic heterocycles. The van der Waals surface area contributed by atoms with Gasteiger partial charge in [0.2, 0.25) is 0 Å². The van der Waals surface area contributed by atoms with E-state index in [1.165, 1.54) is 4.68 Å². The maximum Gasteiger partial charge on any atom is 0.309 e. The first-order valence-corrected chi connectivity index (χ1v) is 8.61. The maximum atomic E-state index is 12.7. The Balaban J connectivity index is 1.84. The van der Waals surface area contributed by atoms with Crippen molar-refractivity contribution in [3.8, 4) is 0 Å². The molecule has 0 radical (unpaired) electrons. The van der Waals surface area contributed by atoms with Crippen LogP contribution in [0.4, 0.5) is 0 Å². The monoisotopic (exact) mass is 350 g/mol. The van der Waals surface area contributed by atoms with Gasteiger partial charge >= 0.3 is 5.97 Å². The van der Waals surface area contributed by atoms with Crippen LogP contribution in [0, 0.1) is 0 Å². The number of thiophene rings is 1. The standard InChI is InChI=1S/C19H14N2O3S/c22-18(23)10-16-14-6-2-3-7-15(14)19(24)21(20-16)11-13-9-12-5-1-4-8-17(12)25-13/h1-9H,10-11H2,(H,22,23). The Hall–Kier alpha value is -2.99. The van der Waals surface area contributed by atoms with Gasteiger partial charge < -0.3 is 5.11 Å². The minimum Gasteiger partial charge on any atom is -0.481 e. The Morgan fingerprint density at radius 3 is 2.56 bits per heavy atom. The lowest BCUT2D eigenvalue weighted by Crippen LogP contribution is -2.25. The summed E-state index contributed by atoms with van der Waals surface area (Å²) in [7, 11) is 0. The molecule has 0 saturated carbocycles. The molecule has 5 nitrogen and oxygen atoms in total. The van der Waals surface area contributed by atoms with Crippen molar-refractivity contribution in [2.75, 3.05) is 0 Å². The van der Waals surface area contributed by atoms with Crippen LogP contribution in [0.1, 0.15) is 10.6 Å².